The molecular weight excluding hydrogens is 279 g/mol. The van der Waals surface area contributed by atoms with E-state index in [1.165, 1.54) is 6.07 Å². The first kappa shape index (κ1) is 13.5. The van der Waals surface area contributed by atoms with Gasteiger partial charge in [-0.2, -0.15) is 0 Å². The van der Waals surface area contributed by atoms with Gasteiger partial charge in [0.15, 0.2) is 11.6 Å². The highest BCUT2D eigenvalue weighted by Crippen LogP contribution is 2.28. The number of phenols is 1. The molecule has 100 valence electrons. The van der Waals surface area contributed by atoms with Crippen LogP contribution in [0.1, 0.15) is 5.56 Å². The maximum atomic E-state index is 13.4. The topological polar surface area (TPSA) is 32.3 Å². The second-order valence-corrected chi connectivity index (χ2v) is 4.25. The number of para-hydroxylation sites is 1. The summed E-state index contributed by atoms with van der Waals surface area (Å²) in [7, 11) is 0. The summed E-state index contributed by atoms with van der Waals surface area (Å²) in [6, 6.07) is 5.85. The molecule has 0 aliphatic heterocycles. The van der Waals surface area contributed by atoms with Crippen LogP contribution in [0.2, 0.25) is 5.02 Å². The van der Waals surface area contributed by atoms with Crippen LogP contribution in [0.3, 0.4) is 0 Å². The van der Waals surface area contributed by atoms with E-state index in [1.54, 1.807) is 12.1 Å². The van der Waals surface area contributed by atoms with Crippen LogP contribution in [0.4, 0.5) is 18.9 Å². The quantitative estimate of drug-likeness (QED) is 0.834. The van der Waals surface area contributed by atoms with E-state index in [1.807, 2.05) is 0 Å². The molecule has 0 radical (unpaired) electrons. The van der Waals surface area contributed by atoms with Crippen molar-refractivity contribution in [3.05, 3.63) is 58.4 Å². The lowest BCUT2D eigenvalue weighted by atomic mass is 10.2. The molecule has 0 aromatic heterocycles. The molecule has 0 aliphatic rings. The molecule has 0 aliphatic carbocycles. The van der Waals surface area contributed by atoms with E-state index < -0.39 is 17.5 Å². The number of anilines is 1. The van der Waals surface area contributed by atoms with Gasteiger partial charge in [0.25, 0.3) is 0 Å². The summed E-state index contributed by atoms with van der Waals surface area (Å²) in [5.74, 6) is -3.46. The SMILES string of the molecule is Oc1c(Cl)cccc1CNc1cc(F)c(F)cc1F. The molecule has 0 saturated carbocycles. The molecule has 0 saturated heterocycles. The van der Waals surface area contributed by atoms with Gasteiger partial charge in [-0.1, -0.05) is 23.7 Å². The third-order valence-electron chi connectivity index (χ3n) is 2.55. The normalized spacial score (nSPS) is 10.5. The molecule has 2 rings (SSSR count). The van der Waals surface area contributed by atoms with Crippen molar-refractivity contribution in [2.45, 2.75) is 6.54 Å². The largest absolute Gasteiger partial charge is 0.506 e. The lowest BCUT2D eigenvalue weighted by Crippen LogP contribution is -2.03. The van der Waals surface area contributed by atoms with Crippen LogP contribution in [0, 0.1) is 17.5 Å². The summed E-state index contributed by atoms with van der Waals surface area (Å²) in [5, 5.41) is 12.4. The Labute approximate surface area is 112 Å². The first-order valence-electron chi connectivity index (χ1n) is 5.34. The minimum atomic E-state index is -1.26. The monoisotopic (exact) mass is 287 g/mol. The van der Waals surface area contributed by atoms with E-state index in [-0.39, 0.29) is 23.0 Å². The van der Waals surface area contributed by atoms with Crippen molar-refractivity contribution in [1.82, 2.24) is 0 Å². The Kier molecular flexibility index (Phi) is 3.85. The van der Waals surface area contributed by atoms with Gasteiger partial charge >= 0.3 is 0 Å². The molecule has 0 atom stereocenters. The smallest absolute Gasteiger partial charge is 0.161 e. The molecule has 19 heavy (non-hydrogen) atoms. The molecule has 0 heterocycles. The van der Waals surface area contributed by atoms with Gasteiger partial charge in [-0.15, -0.1) is 0 Å². The van der Waals surface area contributed by atoms with Crippen molar-refractivity contribution in [2.75, 3.05) is 5.32 Å². The Bertz CT molecular complexity index is 619. The van der Waals surface area contributed by atoms with E-state index in [0.717, 1.165) is 0 Å². The van der Waals surface area contributed by atoms with Crippen LogP contribution in [-0.4, -0.2) is 5.11 Å². The summed E-state index contributed by atoms with van der Waals surface area (Å²) in [6.07, 6.45) is 0. The van der Waals surface area contributed by atoms with E-state index in [0.29, 0.717) is 17.7 Å². The minimum Gasteiger partial charge on any atom is -0.506 e. The number of nitrogens with one attached hydrogen (secondary N) is 1. The number of phenolic OH excluding ortho intramolecular Hbond substituents is 1. The van der Waals surface area contributed by atoms with Crippen molar-refractivity contribution in [3.63, 3.8) is 0 Å². The van der Waals surface area contributed by atoms with Crippen LogP contribution in [0.5, 0.6) is 5.75 Å². The van der Waals surface area contributed by atoms with E-state index in [2.05, 4.69) is 5.32 Å². The first-order chi connectivity index (χ1) is 8.99. The highest BCUT2D eigenvalue weighted by Gasteiger charge is 2.11. The molecule has 0 unspecified atom stereocenters. The Morgan fingerprint density at radius 3 is 2.47 bits per heavy atom. The van der Waals surface area contributed by atoms with Gasteiger partial charge in [-0.05, 0) is 6.07 Å². The Hall–Kier alpha value is -1.88. The van der Waals surface area contributed by atoms with Crippen molar-refractivity contribution >= 4 is 17.3 Å². The van der Waals surface area contributed by atoms with E-state index in [9.17, 15) is 18.3 Å². The van der Waals surface area contributed by atoms with Crippen molar-refractivity contribution < 1.29 is 18.3 Å². The predicted molar refractivity (Wildman–Crippen MR) is 66.8 cm³/mol. The van der Waals surface area contributed by atoms with E-state index in [4.69, 9.17) is 11.6 Å². The summed E-state index contributed by atoms with van der Waals surface area (Å²) < 4.78 is 39.1. The summed E-state index contributed by atoms with van der Waals surface area (Å²) in [4.78, 5) is 0. The number of rotatable bonds is 3. The van der Waals surface area contributed by atoms with Gasteiger partial charge in [0.2, 0.25) is 0 Å². The van der Waals surface area contributed by atoms with Gasteiger partial charge in [0.1, 0.15) is 11.6 Å². The molecule has 6 heteroatoms. The van der Waals surface area contributed by atoms with Gasteiger partial charge in [0.05, 0.1) is 10.7 Å². The number of hydrogen-bond acceptors (Lipinski definition) is 2. The maximum Gasteiger partial charge on any atom is 0.161 e. The van der Waals surface area contributed by atoms with Crippen LogP contribution in [0.25, 0.3) is 0 Å². The minimum absolute atomic E-state index is 0.0222. The number of aromatic hydroxyl groups is 1. The Morgan fingerprint density at radius 1 is 1.05 bits per heavy atom. The Balaban J connectivity index is 2.19. The summed E-state index contributed by atoms with van der Waals surface area (Å²) in [5.41, 5.74) is 0.218. The van der Waals surface area contributed by atoms with Gasteiger partial charge in [-0.25, -0.2) is 13.2 Å². The zero-order valence-corrected chi connectivity index (χ0v) is 10.3. The van der Waals surface area contributed by atoms with Crippen LogP contribution >= 0.6 is 11.6 Å². The molecule has 2 aromatic carbocycles. The van der Waals surface area contributed by atoms with E-state index >= 15 is 0 Å². The lowest BCUT2D eigenvalue weighted by molar-refractivity contribution is 0.469. The average Bonchev–Trinajstić information content (AvgIpc) is 2.37. The third kappa shape index (κ3) is 2.93. The number of halogens is 4. The summed E-state index contributed by atoms with van der Waals surface area (Å²) >= 11 is 5.71. The molecule has 0 amide bonds. The third-order valence-corrected chi connectivity index (χ3v) is 2.85. The second-order valence-electron chi connectivity index (χ2n) is 3.85. The zero-order chi connectivity index (χ0) is 14.0. The highest BCUT2D eigenvalue weighted by atomic mass is 35.5. The molecule has 0 fully saturated rings. The molecule has 0 bridgehead atoms. The average molecular weight is 288 g/mol. The first-order valence-corrected chi connectivity index (χ1v) is 5.71. The fourth-order valence-corrected chi connectivity index (χ4v) is 1.75. The van der Waals surface area contributed by atoms with Crippen LogP contribution in [0.15, 0.2) is 30.3 Å². The number of hydrogen-bond donors (Lipinski definition) is 2. The fourth-order valence-electron chi connectivity index (χ4n) is 1.55. The molecule has 2 aromatic rings. The zero-order valence-electron chi connectivity index (χ0n) is 9.55. The second kappa shape index (κ2) is 5.40. The highest BCUT2D eigenvalue weighted by molar-refractivity contribution is 6.32. The lowest BCUT2D eigenvalue weighted by Gasteiger charge is -2.10. The molecule has 0 spiro atoms. The summed E-state index contributed by atoms with van der Waals surface area (Å²) in [6.45, 7) is 0.0222. The van der Waals surface area contributed by atoms with Crippen LogP contribution < -0.4 is 5.32 Å². The predicted octanol–water partition coefficient (Wildman–Crippen LogP) is 4.08. The molecular formula is C13H9ClF3NO. The van der Waals surface area contributed by atoms with Crippen LogP contribution in [-0.2, 0) is 6.54 Å². The fraction of sp³-hybridized carbons (Fsp3) is 0.0769. The van der Waals surface area contributed by atoms with Crippen molar-refractivity contribution in [2.24, 2.45) is 0 Å². The van der Waals surface area contributed by atoms with Gasteiger partial charge in [-0.3, -0.25) is 0 Å². The van der Waals surface area contributed by atoms with Gasteiger partial charge < -0.3 is 10.4 Å². The van der Waals surface area contributed by atoms with Gasteiger partial charge in [0, 0.05) is 24.2 Å². The molecule has 2 nitrogen and oxygen atoms in total. The Morgan fingerprint density at radius 2 is 1.74 bits per heavy atom. The molecule has 2 N–H and O–H groups in total. The van der Waals surface area contributed by atoms with Crippen molar-refractivity contribution in [1.29, 1.82) is 0 Å². The maximum absolute atomic E-state index is 13.4. The standard InChI is InChI=1S/C13H9ClF3NO/c14-8-3-1-2-7(13(8)19)6-18-12-5-10(16)9(15)4-11(12)17/h1-5,18-19H,6H2. The number of benzene rings is 2. The van der Waals surface area contributed by atoms with Crippen molar-refractivity contribution in [3.8, 4) is 5.75 Å².